The number of aliphatic hydroxyl groups excluding tert-OH is 1. The SMILES string of the molecule is O=C1C=C[C@@H](O)O[C@H]1C1c2ccccc2CCc2ccccc21. The zero-order valence-corrected chi connectivity index (χ0v) is 12.7. The second-order valence-electron chi connectivity index (χ2n) is 6.08. The molecule has 3 nitrogen and oxygen atoms in total. The molecule has 1 aliphatic heterocycles. The van der Waals surface area contributed by atoms with Crippen LogP contribution in [0.1, 0.15) is 28.2 Å². The Morgan fingerprint density at radius 2 is 1.48 bits per heavy atom. The summed E-state index contributed by atoms with van der Waals surface area (Å²) in [6.07, 6.45) is 3.02. The minimum Gasteiger partial charge on any atom is -0.365 e. The van der Waals surface area contributed by atoms with Crippen molar-refractivity contribution in [3.63, 3.8) is 0 Å². The van der Waals surface area contributed by atoms with E-state index in [1.165, 1.54) is 23.3 Å². The second kappa shape index (κ2) is 5.76. The van der Waals surface area contributed by atoms with Gasteiger partial charge in [0.25, 0.3) is 0 Å². The molecule has 0 unspecified atom stereocenters. The molecule has 1 N–H and O–H groups in total. The van der Waals surface area contributed by atoms with E-state index in [0.717, 1.165) is 24.0 Å². The molecule has 0 fully saturated rings. The zero-order valence-electron chi connectivity index (χ0n) is 12.7. The van der Waals surface area contributed by atoms with E-state index in [2.05, 4.69) is 24.3 Å². The van der Waals surface area contributed by atoms with E-state index in [4.69, 9.17) is 4.74 Å². The van der Waals surface area contributed by atoms with Gasteiger partial charge in [-0.3, -0.25) is 4.79 Å². The number of fused-ring (bicyclic) bond motifs is 2. The van der Waals surface area contributed by atoms with Gasteiger partial charge in [0, 0.05) is 5.92 Å². The van der Waals surface area contributed by atoms with E-state index in [-0.39, 0.29) is 11.7 Å². The van der Waals surface area contributed by atoms with Crippen molar-refractivity contribution in [1.29, 1.82) is 0 Å². The summed E-state index contributed by atoms with van der Waals surface area (Å²) in [5.41, 5.74) is 4.74. The van der Waals surface area contributed by atoms with Crippen LogP contribution in [0, 0.1) is 0 Å². The number of carbonyl (C=O) groups is 1. The molecule has 2 aromatic carbocycles. The largest absolute Gasteiger partial charge is 0.365 e. The average molecular weight is 306 g/mol. The molecule has 0 amide bonds. The lowest BCUT2D eigenvalue weighted by molar-refractivity contribution is -0.149. The van der Waals surface area contributed by atoms with Crippen molar-refractivity contribution in [3.8, 4) is 0 Å². The van der Waals surface area contributed by atoms with Gasteiger partial charge in [-0.1, -0.05) is 48.5 Å². The van der Waals surface area contributed by atoms with Gasteiger partial charge in [-0.2, -0.15) is 0 Å². The Kier molecular flexibility index (Phi) is 3.60. The minimum absolute atomic E-state index is 0.0909. The molecule has 23 heavy (non-hydrogen) atoms. The molecule has 0 bridgehead atoms. The molecule has 0 spiro atoms. The summed E-state index contributed by atoms with van der Waals surface area (Å²) in [5, 5.41) is 9.83. The number of aliphatic hydroxyl groups is 1. The van der Waals surface area contributed by atoms with Gasteiger partial charge in [-0.05, 0) is 47.2 Å². The lowest BCUT2D eigenvalue weighted by Crippen LogP contribution is -2.37. The third kappa shape index (κ3) is 2.52. The predicted molar refractivity (Wildman–Crippen MR) is 87.2 cm³/mol. The monoisotopic (exact) mass is 306 g/mol. The van der Waals surface area contributed by atoms with Crippen molar-refractivity contribution < 1.29 is 14.6 Å². The van der Waals surface area contributed by atoms with Crippen LogP contribution in [0.15, 0.2) is 60.7 Å². The van der Waals surface area contributed by atoms with E-state index < -0.39 is 12.4 Å². The molecule has 116 valence electrons. The molecule has 0 aromatic heterocycles. The number of rotatable bonds is 1. The van der Waals surface area contributed by atoms with Crippen molar-refractivity contribution in [1.82, 2.24) is 0 Å². The van der Waals surface area contributed by atoms with Crippen molar-refractivity contribution in [2.45, 2.75) is 31.2 Å². The van der Waals surface area contributed by atoms with Gasteiger partial charge in [0.15, 0.2) is 12.1 Å². The number of hydrogen-bond acceptors (Lipinski definition) is 3. The van der Waals surface area contributed by atoms with Crippen molar-refractivity contribution in [2.24, 2.45) is 0 Å². The molecular weight excluding hydrogens is 288 g/mol. The summed E-state index contributed by atoms with van der Waals surface area (Å²) >= 11 is 0. The molecule has 0 saturated carbocycles. The van der Waals surface area contributed by atoms with E-state index in [9.17, 15) is 9.90 Å². The lowest BCUT2D eigenvalue weighted by atomic mass is 9.82. The molecule has 1 heterocycles. The first-order valence-corrected chi connectivity index (χ1v) is 7.95. The van der Waals surface area contributed by atoms with Crippen LogP contribution in [0.2, 0.25) is 0 Å². The maximum atomic E-state index is 12.4. The van der Waals surface area contributed by atoms with Crippen molar-refractivity contribution in [2.75, 3.05) is 0 Å². The highest BCUT2D eigenvalue weighted by Crippen LogP contribution is 2.39. The Morgan fingerprint density at radius 1 is 0.913 bits per heavy atom. The van der Waals surface area contributed by atoms with Crippen molar-refractivity contribution in [3.05, 3.63) is 82.9 Å². The van der Waals surface area contributed by atoms with E-state index in [1.54, 1.807) is 0 Å². The fraction of sp³-hybridized carbons (Fsp3) is 0.250. The summed E-state index contributed by atoms with van der Waals surface area (Å²) < 4.78 is 5.63. The third-order valence-electron chi connectivity index (χ3n) is 4.74. The summed E-state index contributed by atoms with van der Waals surface area (Å²) in [6, 6.07) is 16.4. The molecule has 0 radical (unpaired) electrons. The van der Waals surface area contributed by atoms with Crippen LogP contribution in [-0.2, 0) is 22.4 Å². The summed E-state index contributed by atoms with van der Waals surface area (Å²) in [4.78, 5) is 12.4. The maximum absolute atomic E-state index is 12.4. The normalized spacial score (nSPS) is 24.0. The van der Waals surface area contributed by atoms with Gasteiger partial charge in [-0.15, -0.1) is 0 Å². The molecule has 0 saturated heterocycles. The van der Waals surface area contributed by atoms with Gasteiger partial charge >= 0.3 is 0 Å². The molecule has 4 rings (SSSR count). The standard InChI is InChI=1S/C20H18O3/c21-17-11-12-18(22)23-20(17)19-15-7-3-1-5-13(15)9-10-14-6-2-4-8-16(14)19/h1-8,11-12,18-20,22H,9-10H2/t18-,20+/m0/s1. The number of aryl methyl sites for hydroxylation is 2. The van der Waals surface area contributed by atoms with E-state index in [1.807, 2.05) is 24.3 Å². The van der Waals surface area contributed by atoms with Gasteiger partial charge in [0.1, 0.15) is 6.10 Å². The third-order valence-corrected chi connectivity index (χ3v) is 4.74. The number of hydrogen-bond donors (Lipinski definition) is 1. The fourth-order valence-corrected chi connectivity index (χ4v) is 3.67. The van der Waals surface area contributed by atoms with Crippen LogP contribution in [-0.4, -0.2) is 23.3 Å². The average Bonchev–Trinajstić information content (AvgIpc) is 2.74. The van der Waals surface area contributed by atoms with Crippen LogP contribution in [0.5, 0.6) is 0 Å². The van der Waals surface area contributed by atoms with Gasteiger partial charge < -0.3 is 9.84 Å². The van der Waals surface area contributed by atoms with E-state index in [0.29, 0.717) is 0 Å². The second-order valence-corrected chi connectivity index (χ2v) is 6.08. The Morgan fingerprint density at radius 3 is 2.09 bits per heavy atom. The van der Waals surface area contributed by atoms with Crippen LogP contribution in [0.3, 0.4) is 0 Å². The smallest absolute Gasteiger partial charge is 0.185 e. The van der Waals surface area contributed by atoms with E-state index >= 15 is 0 Å². The molecular formula is C20H18O3. The Balaban J connectivity index is 1.90. The maximum Gasteiger partial charge on any atom is 0.185 e. The summed E-state index contributed by atoms with van der Waals surface area (Å²) in [6.45, 7) is 0. The minimum atomic E-state index is -1.03. The van der Waals surface area contributed by atoms with Crippen LogP contribution in [0.4, 0.5) is 0 Å². The first kappa shape index (κ1) is 14.4. The number of ether oxygens (including phenoxy) is 1. The Hall–Kier alpha value is -2.23. The van der Waals surface area contributed by atoms with Crippen LogP contribution in [0.25, 0.3) is 0 Å². The molecule has 2 atom stereocenters. The molecule has 2 aromatic rings. The van der Waals surface area contributed by atoms with Gasteiger partial charge in [0.05, 0.1) is 0 Å². The van der Waals surface area contributed by atoms with Crippen molar-refractivity contribution >= 4 is 5.78 Å². The predicted octanol–water partition coefficient (Wildman–Crippen LogP) is 2.76. The zero-order chi connectivity index (χ0) is 15.8. The molecule has 1 aliphatic carbocycles. The molecule has 3 heteroatoms. The highest BCUT2D eigenvalue weighted by molar-refractivity contribution is 5.95. The van der Waals surface area contributed by atoms with Gasteiger partial charge in [0.2, 0.25) is 0 Å². The Bertz CT molecular complexity index is 730. The van der Waals surface area contributed by atoms with Crippen LogP contribution < -0.4 is 0 Å². The first-order chi connectivity index (χ1) is 11.2. The fourth-order valence-electron chi connectivity index (χ4n) is 3.67. The highest BCUT2D eigenvalue weighted by atomic mass is 16.6. The quantitative estimate of drug-likeness (QED) is 0.881. The Labute approximate surface area is 135 Å². The van der Waals surface area contributed by atoms with Gasteiger partial charge in [-0.25, -0.2) is 0 Å². The number of ketones is 1. The topological polar surface area (TPSA) is 46.5 Å². The summed E-state index contributed by atoms with van der Waals surface area (Å²) in [7, 11) is 0. The highest BCUT2D eigenvalue weighted by Gasteiger charge is 2.37. The number of carbonyl (C=O) groups excluding carboxylic acids is 1. The number of benzene rings is 2. The lowest BCUT2D eigenvalue weighted by Gasteiger charge is -2.30. The molecule has 2 aliphatic rings. The van der Waals surface area contributed by atoms with Crippen LogP contribution >= 0.6 is 0 Å². The summed E-state index contributed by atoms with van der Waals surface area (Å²) in [5.74, 6) is -0.274. The first-order valence-electron chi connectivity index (χ1n) is 7.95.